The summed E-state index contributed by atoms with van der Waals surface area (Å²) in [4.78, 5) is 18.0. The Kier molecular flexibility index (Phi) is 6.07. The van der Waals surface area contributed by atoms with Gasteiger partial charge in [-0.1, -0.05) is 6.07 Å². The Morgan fingerprint density at radius 3 is 2.60 bits per heavy atom. The van der Waals surface area contributed by atoms with Crippen LogP contribution < -0.4 is 5.32 Å². The molecule has 3 rings (SSSR count). The van der Waals surface area contributed by atoms with E-state index < -0.39 is 0 Å². The summed E-state index contributed by atoms with van der Waals surface area (Å²) in [6, 6.07) is 12.8. The lowest BCUT2D eigenvalue weighted by atomic mass is 9.76. The first-order valence-electron chi connectivity index (χ1n) is 8.41. The van der Waals surface area contributed by atoms with Crippen LogP contribution in [0.3, 0.4) is 0 Å². The van der Waals surface area contributed by atoms with Crippen LogP contribution in [0.25, 0.3) is 0 Å². The topological polar surface area (TPSA) is 82.5 Å². The van der Waals surface area contributed by atoms with Crippen LogP contribution in [0.1, 0.15) is 34.9 Å². The number of aliphatic hydroxyl groups is 2. The van der Waals surface area contributed by atoms with Crippen molar-refractivity contribution in [3.63, 3.8) is 0 Å². The van der Waals surface area contributed by atoms with Gasteiger partial charge >= 0.3 is 0 Å². The van der Waals surface area contributed by atoms with E-state index in [1.54, 1.807) is 30.1 Å². The summed E-state index contributed by atoms with van der Waals surface area (Å²) in [6.45, 7) is 0.131. The maximum atomic E-state index is 12.6. The van der Waals surface area contributed by atoms with E-state index in [-0.39, 0.29) is 30.6 Å². The third-order valence-corrected chi connectivity index (χ3v) is 5.38. The minimum atomic E-state index is -0.282. The molecule has 0 bridgehead atoms. The first kappa shape index (κ1) is 17.9. The summed E-state index contributed by atoms with van der Waals surface area (Å²) in [5.41, 5.74) is 1.41. The van der Waals surface area contributed by atoms with E-state index in [9.17, 15) is 9.90 Å². The number of aliphatic hydroxyl groups excluding tert-OH is 2. The number of rotatable bonds is 7. The average Bonchev–Trinajstić information content (AvgIpc) is 2.63. The number of amides is 1. The molecule has 1 atom stereocenters. The highest BCUT2D eigenvalue weighted by Gasteiger charge is 2.36. The molecular weight excluding hydrogens is 336 g/mol. The number of aromatic nitrogens is 1. The second kappa shape index (κ2) is 8.47. The molecule has 2 aromatic rings. The number of pyridine rings is 1. The maximum Gasteiger partial charge on any atom is 0.251 e. The fourth-order valence-corrected chi connectivity index (χ4v) is 3.64. The number of carbonyl (C=O) groups is 1. The number of nitrogens with one attached hydrogen (secondary N) is 1. The maximum absolute atomic E-state index is 12.6. The van der Waals surface area contributed by atoms with E-state index in [2.05, 4.69) is 10.3 Å². The predicted octanol–water partition coefficient (Wildman–Crippen LogP) is 2.41. The number of nitrogens with zero attached hydrogens (tertiary/aromatic N) is 1. The van der Waals surface area contributed by atoms with Crippen LogP contribution in [0.5, 0.6) is 0 Å². The van der Waals surface area contributed by atoms with Crippen LogP contribution in [0.15, 0.2) is 53.6 Å². The van der Waals surface area contributed by atoms with E-state index in [4.69, 9.17) is 5.11 Å². The SMILES string of the molecule is O=C(N[C@@H](c1ccccn1)C1CC(O)C1)c1ccc(SCCO)cc1. The van der Waals surface area contributed by atoms with Crippen molar-refractivity contribution in [1.29, 1.82) is 0 Å². The highest BCUT2D eigenvalue weighted by Crippen LogP contribution is 2.37. The molecule has 0 radical (unpaired) electrons. The molecule has 132 valence electrons. The van der Waals surface area contributed by atoms with Gasteiger partial charge in [0.25, 0.3) is 5.91 Å². The molecule has 1 amide bonds. The van der Waals surface area contributed by atoms with Crippen LogP contribution in [0.4, 0.5) is 0 Å². The largest absolute Gasteiger partial charge is 0.396 e. The summed E-state index contributed by atoms with van der Waals surface area (Å²) in [5.74, 6) is 0.695. The molecule has 0 saturated heterocycles. The van der Waals surface area contributed by atoms with Gasteiger partial charge in [-0.05, 0) is 55.2 Å². The van der Waals surface area contributed by atoms with Crippen molar-refractivity contribution >= 4 is 17.7 Å². The monoisotopic (exact) mass is 358 g/mol. The Morgan fingerprint density at radius 2 is 2.00 bits per heavy atom. The minimum absolute atomic E-state index is 0.131. The van der Waals surface area contributed by atoms with Gasteiger partial charge in [0.05, 0.1) is 24.4 Å². The first-order valence-corrected chi connectivity index (χ1v) is 9.39. The van der Waals surface area contributed by atoms with Crippen LogP contribution in [-0.2, 0) is 0 Å². The molecule has 3 N–H and O–H groups in total. The molecule has 1 fully saturated rings. The van der Waals surface area contributed by atoms with Gasteiger partial charge < -0.3 is 15.5 Å². The van der Waals surface area contributed by atoms with Crippen molar-refractivity contribution in [2.45, 2.75) is 29.9 Å². The average molecular weight is 358 g/mol. The minimum Gasteiger partial charge on any atom is -0.396 e. The van der Waals surface area contributed by atoms with Crippen LogP contribution in [0, 0.1) is 5.92 Å². The Labute approximate surface area is 151 Å². The summed E-state index contributed by atoms with van der Waals surface area (Å²) in [5, 5.41) is 21.6. The normalized spacial score (nSPS) is 20.6. The van der Waals surface area contributed by atoms with Crippen molar-refractivity contribution in [3.8, 4) is 0 Å². The zero-order valence-electron chi connectivity index (χ0n) is 13.8. The fourth-order valence-electron chi connectivity index (χ4n) is 2.99. The summed E-state index contributed by atoms with van der Waals surface area (Å²) >= 11 is 1.55. The smallest absolute Gasteiger partial charge is 0.251 e. The van der Waals surface area contributed by atoms with Gasteiger partial charge in [-0.25, -0.2) is 0 Å². The number of thioether (sulfide) groups is 1. The fraction of sp³-hybridized carbons (Fsp3) is 0.368. The lowest BCUT2D eigenvalue weighted by molar-refractivity contribution is 0.0228. The molecule has 1 heterocycles. The van der Waals surface area contributed by atoms with Gasteiger partial charge in [0.2, 0.25) is 0 Å². The van der Waals surface area contributed by atoms with Crippen LogP contribution >= 0.6 is 11.8 Å². The summed E-state index contributed by atoms with van der Waals surface area (Å²) in [6.07, 6.45) is 2.80. The highest BCUT2D eigenvalue weighted by molar-refractivity contribution is 7.99. The molecule has 1 aliphatic carbocycles. The predicted molar refractivity (Wildman–Crippen MR) is 97.4 cm³/mol. The van der Waals surface area contributed by atoms with Gasteiger partial charge in [0.15, 0.2) is 0 Å². The van der Waals surface area contributed by atoms with Crippen molar-refractivity contribution < 1.29 is 15.0 Å². The van der Waals surface area contributed by atoms with E-state index in [0.717, 1.165) is 10.6 Å². The molecule has 25 heavy (non-hydrogen) atoms. The van der Waals surface area contributed by atoms with E-state index in [1.807, 2.05) is 30.3 Å². The molecule has 0 aliphatic heterocycles. The standard InChI is InChI=1S/C19H22N2O3S/c22-9-10-25-16-6-4-13(5-7-16)19(24)21-18(14-11-15(23)12-14)17-3-1-2-8-20-17/h1-8,14-15,18,22-23H,9-12H2,(H,21,24)/t14?,15?,18-/m1/s1. The highest BCUT2D eigenvalue weighted by atomic mass is 32.2. The van der Waals surface area contributed by atoms with Crippen molar-refractivity contribution in [2.75, 3.05) is 12.4 Å². The first-order chi connectivity index (χ1) is 12.2. The second-order valence-corrected chi connectivity index (χ2v) is 7.36. The van der Waals surface area contributed by atoms with Gasteiger partial charge in [-0.2, -0.15) is 0 Å². The zero-order chi connectivity index (χ0) is 17.6. The molecule has 0 spiro atoms. The molecule has 1 aromatic carbocycles. The van der Waals surface area contributed by atoms with Gasteiger partial charge in [0.1, 0.15) is 0 Å². The molecular formula is C19H22N2O3S. The molecule has 1 aliphatic rings. The Balaban J connectivity index is 1.69. The molecule has 1 aromatic heterocycles. The lowest BCUT2D eigenvalue weighted by Gasteiger charge is -2.37. The second-order valence-electron chi connectivity index (χ2n) is 6.19. The third-order valence-electron chi connectivity index (χ3n) is 4.39. The van der Waals surface area contributed by atoms with Gasteiger partial charge in [-0.3, -0.25) is 9.78 Å². The van der Waals surface area contributed by atoms with E-state index in [0.29, 0.717) is 24.2 Å². The Bertz CT molecular complexity index is 688. The lowest BCUT2D eigenvalue weighted by Crippen LogP contribution is -2.41. The number of hydrogen-bond donors (Lipinski definition) is 3. The van der Waals surface area contributed by atoms with E-state index >= 15 is 0 Å². The zero-order valence-corrected chi connectivity index (χ0v) is 14.7. The van der Waals surface area contributed by atoms with E-state index in [1.165, 1.54) is 0 Å². The van der Waals surface area contributed by atoms with Crippen LogP contribution in [-0.4, -0.2) is 39.6 Å². The van der Waals surface area contributed by atoms with Gasteiger partial charge in [0, 0.05) is 22.4 Å². The number of hydrogen-bond acceptors (Lipinski definition) is 5. The quantitative estimate of drug-likeness (QED) is 0.662. The third kappa shape index (κ3) is 4.60. The van der Waals surface area contributed by atoms with Gasteiger partial charge in [-0.15, -0.1) is 11.8 Å². The Hall–Kier alpha value is -1.89. The van der Waals surface area contributed by atoms with Crippen LogP contribution in [0.2, 0.25) is 0 Å². The Morgan fingerprint density at radius 1 is 1.24 bits per heavy atom. The molecule has 0 unspecified atom stereocenters. The number of benzene rings is 1. The van der Waals surface area contributed by atoms with Crippen molar-refractivity contribution in [2.24, 2.45) is 5.92 Å². The number of carbonyl (C=O) groups excluding carboxylic acids is 1. The molecule has 6 heteroatoms. The van der Waals surface area contributed by atoms with Crippen molar-refractivity contribution in [3.05, 3.63) is 59.9 Å². The summed E-state index contributed by atoms with van der Waals surface area (Å²) in [7, 11) is 0. The van der Waals surface area contributed by atoms with Crippen molar-refractivity contribution in [1.82, 2.24) is 10.3 Å². The summed E-state index contributed by atoms with van der Waals surface area (Å²) < 4.78 is 0. The molecule has 1 saturated carbocycles. The molecule has 5 nitrogen and oxygen atoms in total.